The van der Waals surface area contributed by atoms with Gasteiger partial charge in [0.2, 0.25) is 0 Å². The smallest absolute Gasteiger partial charge is 0.0547 e. The first-order valence-electron chi connectivity index (χ1n) is 7.57. The second-order valence-corrected chi connectivity index (χ2v) is 5.56. The molecule has 0 atom stereocenters. The van der Waals surface area contributed by atoms with E-state index in [4.69, 9.17) is 4.98 Å². The van der Waals surface area contributed by atoms with E-state index in [1.807, 2.05) is 0 Å². The molecule has 0 radical (unpaired) electrons. The molecule has 0 aliphatic heterocycles. The molecule has 1 heterocycles. The number of pyridine rings is 1. The maximum atomic E-state index is 4.71. The summed E-state index contributed by atoms with van der Waals surface area (Å²) in [5.74, 6) is 0. The minimum absolute atomic E-state index is 0.839. The largest absolute Gasteiger partial charge is 0.311 e. The van der Waals surface area contributed by atoms with Crippen LogP contribution in [0.1, 0.15) is 29.4 Å². The highest BCUT2D eigenvalue weighted by molar-refractivity contribution is 5.22. The van der Waals surface area contributed by atoms with Crippen molar-refractivity contribution in [2.45, 2.75) is 33.5 Å². The predicted octanol–water partition coefficient (Wildman–Crippen LogP) is 3.13. The van der Waals surface area contributed by atoms with Crippen LogP contribution in [-0.4, -0.2) is 23.5 Å². The quantitative estimate of drug-likeness (QED) is 0.846. The lowest BCUT2D eigenvalue weighted by molar-refractivity contribution is 0.314. The summed E-state index contributed by atoms with van der Waals surface area (Å²) in [5, 5.41) is 3.32. The van der Waals surface area contributed by atoms with E-state index >= 15 is 0 Å². The topological polar surface area (TPSA) is 28.2 Å². The SMILES string of the molecule is CCNCc1cccc(CN(C)Cc2cccc(C)c2)n1. The average molecular weight is 283 g/mol. The third-order valence-electron chi connectivity index (χ3n) is 3.39. The van der Waals surface area contributed by atoms with Crippen molar-refractivity contribution >= 4 is 0 Å². The number of nitrogens with one attached hydrogen (secondary N) is 1. The number of aryl methyl sites for hydroxylation is 1. The maximum Gasteiger partial charge on any atom is 0.0547 e. The first-order valence-corrected chi connectivity index (χ1v) is 7.57. The van der Waals surface area contributed by atoms with Crippen LogP contribution in [0.15, 0.2) is 42.5 Å². The van der Waals surface area contributed by atoms with Crippen molar-refractivity contribution in [1.29, 1.82) is 0 Å². The molecular formula is C18H25N3. The Balaban J connectivity index is 1.94. The number of rotatable bonds is 7. The molecule has 2 rings (SSSR count). The third-order valence-corrected chi connectivity index (χ3v) is 3.39. The lowest BCUT2D eigenvalue weighted by Crippen LogP contribution is -2.19. The second-order valence-electron chi connectivity index (χ2n) is 5.56. The molecule has 112 valence electrons. The summed E-state index contributed by atoms with van der Waals surface area (Å²) in [4.78, 5) is 7.00. The molecule has 3 heteroatoms. The van der Waals surface area contributed by atoms with Crippen molar-refractivity contribution in [2.75, 3.05) is 13.6 Å². The minimum atomic E-state index is 0.839. The van der Waals surface area contributed by atoms with E-state index in [1.54, 1.807) is 0 Å². The summed E-state index contributed by atoms with van der Waals surface area (Å²) < 4.78 is 0. The Morgan fingerprint density at radius 2 is 1.81 bits per heavy atom. The van der Waals surface area contributed by atoms with Crippen LogP contribution in [0.25, 0.3) is 0 Å². The maximum absolute atomic E-state index is 4.71. The van der Waals surface area contributed by atoms with E-state index in [-0.39, 0.29) is 0 Å². The van der Waals surface area contributed by atoms with Gasteiger partial charge in [-0.2, -0.15) is 0 Å². The Hall–Kier alpha value is -1.71. The van der Waals surface area contributed by atoms with Gasteiger partial charge in [-0.05, 0) is 38.2 Å². The molecule has 0 aliphatic carbocycles. The number of aromatic nitrogens is 1. The number of hydrogen-bond acceptors (Lipinski definition) is 3. The molecule has 0 fully saturated rings. The lowest BCUT2D eigenvalue weighted by atomic mass is 10.1. The van der Waals surface area contributed by atoms with Crippen LogP contribution in [0, 0.1) is 6.92 Å². The number of nitrogens with zero attached hydrogens (tertiary/aromatic N) is 2. The van der Waals surface area contributed by atoms with Crippen molar-refractivity contribution in [3.8, 4) is 0 Å². The van der Waals surface area contributed by atoms with Crippen LogP contribution in [-0.2, 0) is 19.6 Å². The highest BCUT2D eigenvalue weighted by Gasteiger charge is 2.04. The fraction of sp³-hybridized carbons (Fsp3) is 0.389. The van der Waals surface area contributed by atoms with Gasteiger partial charge < -0.3 is 5.32 Å². The van der Waals surface area contributed by atoms with Gasteiger partial charge in [0.15, 0.2) is 0 Å². The number of hydrogen-bond donors (Lipinski definition) is 1. The summed E-state index contributed by atoms with van der Waals surface area (Å²) in [6.45, 7) is 7.87. The standard InChI is InChI=1S/C18H25N3/c1-4-19-12-17-9-6-10-18(20-17)14-21(3)13-16-8-5-7-15(2)11-16/h5-11,19H,4,12-14H2,1-3H3. The van der Waals surface area contributed by atoms with E-state index in [0.717, 1.165) is 37.6 Å². The predicted molar refractivity (Wildman–Crippen MR) is 88.0 cm³/mol. The second kappa shape index (κ2) is 7.91. The Bertz CT molecular complexity index is 566. The lowest BCUT2D eigenvalue weighted by Gasteiger charge is -2.17. The first-order chi connectivity index (χ1) is 10.2. The zero-order valence-corrected chi connectivity index (χ0v) is 13.3. The van der Waals surface area contributed by atoms with Crippen molar-refractivity contribution in [1.82, 2.24) is 15.2 Å². The Morgan fingerprint density at radius 1 is 1.05 bits per heavy atom. The molecule has 3 nitrogen and oxygen atoms in total. The fourth-order valence-corrected chi connectivity index (χ4v) is 2.42. The van der Waals surface area contributed by atoms with E-state index in [2.05, 4.69) is 73.6 Å². The van der Waals surface area contributed by atoms with Crippen LogP contribution in [0.2, 0.25) is 0 Å². The van der Waals surface area contributed by atoms with Gasteiger partial charge in [0, 0.05) is 19.6 Å². The summed E-state index contributed by atoms with van der Waals surface area (Å²) >= 11 is 0. The van der Waals surface area contributed by atoms with Crippen LogP contribution < -0.4 is 5.32 Å². The molecular weight excluding hydrogens is 258 g/mol. The van der Waals surface area contributed by atoms with Crippen LogP contribution in [0.4, 0.5) is 0 Å². The molecule has 2 aromatic rings. The van der Waals surface area contributed by atoms with Gasteiger partial charge in [-0.1, -0.05) is 42.8 Å². The molecule has 1 aromatic heterocycles. The summed E-state index contributed by atoms with van der Waals surface area (Å²) in [6, 6.07) is 14.9. The summed E-state index contributed by atoms with van der Waals surface area (Å²) in [5.41, 5.74) is 4.90. The van der Waals surface area contributed by atoms with Gasteiger partial charge in [0.05, 0.1) is 11.4 Å². The molecule has 21 heavy (non-hydrogen) atoms. The molecule has 0 spiro atoms. The molecule has 0 amide bonds. The van der Waals surface area contributed by atoms with Crippen LogP contribution in [0.3, 0.4) is 0 Å². The van der Waals surface area contributed by atoms with Gasteiger partial charge in [-0.15, -0.1) is 0 Å². The van der Waals surface area contributed by atoms with Crippen molar-refractivity contribution in [3.05, 3.63) is 65.0 Å². The van der Waals surface area contributed by atoms with Crippen molar-refractivity contribution in [2.24, 2.45) is 0 Å². The van der Waals surface area contributed by atoms with Gasteiger partial charge in [-0.25, -0.2) is 0 Å². The molecule has 0 saturated carbocycles. The number of benzene rings is 1. The third kappa shape index (κ3) is 5.29. The summed E-state index contributed by atoms with van der Waals surface area (Å²) in [7, 11) is 2.14. The molecule has 1 aromatic carbocycles. The molecule has 0 saturated heterocycles. The van der Waals surface area contributed by atoms with Gasteiger partial charge in [-0.3, -0.25) is 9.88 Å². The van der Waals surface area contributed by atoms with Crippen molar-refractivity contribution < 1.29 is 0 Å². The summed E-state index contributed by atoms with van der Waals surface area (Å²) in [6.07, 6.45) is 0. The van der Waals surface area contributed by atoms with Gasteiger partial charge in [0.1, 0.15) is 0 Å². The molecule has 0 bridgehead atoms. The Kier molecular flexibility index (Phi) is 5.90. The highest BCUT2D eigenvalue weighted by Crippen LogP contribution is 2.09. The van der Waals surface area contributed by atoms with Crippen LogP contribution in [0.5, 0.6) is 0 Å². The molecule has 1 N–H and O–H groups in total. The van der Waals surface area contributed by atoms with Gasteiger partial charge >= 0.3 is 0 Å². The average Bonchev–Trinajstić information content (AvgIpc) is 2.45. The van der Waals surface area contributed by atoms with Crippen molar-refractivity contribution in [3.63, 3.8) is 0 Å². The van der Waals surface area contributed by atoms with E-state index < -0.39 is 0 Å². The van der Waals surface area contributed by atoms with E-state index in [0.29, 0.717) is 0 Å². The molecule has 0 unspecified atom stereocenters. The molecule has 0 aliphatic rings. The first kappa shape index (κ1) is 15.7. The fourth-order valence-electron chi connectivity index (χ4n) is 2.42. The van der Waals surface area contributed by atoms with E-state index in [1.165, 1.54) is 11.1 Å². The Labute approximate surface area is 128 Å². The van der Waals surface area contributed by atoms with E-state index in [9.17, 15) is 0 Å². The highest BCUT2D eigenvalue weighted by atomic mass is 15.1. The Morgan fingerprint density at radius 3 is 2.57 bits per heavy atom. The normalized spacial score (nSPS) is 11.0. The van der Waals surface area contributed by atoms with Crippen LogP contribution >= 0.6 is 0 Å². The zero-order chi connectivity index (χ0) is 15.1. The monoisotopic (exact) mass is 283 g/mol. The minimum Gasteiger partial charge on any atom is -0.311 e. The van der Waals surface area contributed by atoms with Gasteiger partial charge in [0.25, 0.3) is 0 Å². The zero-order valence-electron chi connectivity index (χ0n) is 13.3.